The van der Waals surface area contributed by atoms with Crippen molar-refractivity contribution in [1.29, 1.82) is 0 Å². The summed E-state index contributed by atoms with van der Waals surface area (Å²) < 4.78 is 28.2. The molecule has 6 nitrogen and oxygen atoms in total. The summed E-state index contributed by atoms with van der Waals surface area (Å²) >= 11 is 5.98. The average Bonchev–Trinajstić information content (AvgIpc) is 3.32. The fraction of sp³-hybridized carbons (Fsp3) is 0.529. The van der Waals surface area contributed by atoms with Crippen molar-refractivity contribution in [2.45, 2.75) is 49.3 Å². The van der Waals surface area contributed by atoms with E-state index < -0.39 is 16.1 Å². The van der Waals surface area contributed by atoms with Crippen molar-refractivity contribution in [3.05, 3.63) is 26.5 Å². The summed E-state index contributed by atoms with van der Waals surface area (Å²) in [6.07, 6.45) is 4.27. The molecule has 0 aromatic carbocycles. The summed E-state index contributed by atoms with van der Waals surface area (Å²) in [6, 6.07) is 2.60. The number of anilines is 1. The van der Waals surface area contributed by atoms with E-state index in [1.807, 2.05) is 0 Å². The molecule has 10 heteroatoms. The second-order valence-corrected chi connectivity index (χ2v) is 12.7. The van der Waals surface area contributed by atoms with Gasteiger partial charge in [-0.15, -0.1) is 22.7 Å². The number of carbonyl (C=O) groups excluding carboxylic acids is 1. The standard InChI is InChI=1S/C17H20BrN3O3S3/c1-10-4-5-11-13(9-10)25-17(19-11)20-16(22)12-3-2-8-21(12)27(23,24)15-7-6-14(18)26-15/h6-7,10,12H,2-5,8-9H2,1H3,(H,19,20,22). The molecule has 3 heterocycles. The zero-order valence-corrected chi connectivity index (χ0v) is 18.8. The van der Waals surface area contributed by atoms with Crippen LogP contribution in [0.4, 0.5) is 5.13 Å². The van der Waals surface area contributed by atoms with E-state index in [0.717, 1.165) is 40.1 Å². The van der Waals surface area contributed by atoms with Crippen molar-refractivity contribution >= 4 is 59.7 Å². The second-order valence-electron chi connectivity index (χ2n) is 7.06. The predicted molar refractivity (Wildman–Crippen MR) is 111 cm³/mol. The largest absolute Gasteiger partial charge is 0.301 e. The van der Waals surface area contributed by atoms with Crippen molar-refractivity contribution in [3.8, 4) is 0 Å². The summed E-state index contributed by atoms with van der Waals surface area (Å²) in [4.78, 5) is 18.6. The molecule has 2 aliphatic rings. The first-order valence-electron chi connectivity index (χ1n) is 8.91. The van der Waals surface area contributed by atoms with Crippen LogP contribution < -0.4 is 5.32 Å². The van der Waals surface area contributed by atoms with Gasteiger partial charge in [-0.25, -0.2) is 13.4 Å². The Morgan fingerprint density at radius 2 is 2.15 bits per heavy atom. The molecule has 2 aromatic heterocycles. The minimum absolute atomic E-state index is 0.257. The highest BCUT2D eigenvalue weighted by Gasteiger charge is 2.40. The van der Waals surface area contributed by atoms with Crippen molar-refractivity contribution in [2.75, 3.05) is 11.9 Å². The molecule has 1 amide bonds. The van der Waals surface area contributed by atoms with Crippen LogP contribution in [0.5, 0.6) is 0 Å². The quantitative estimate of drug-likeness (QED) is 0.706. The summed E-state index contributed by atoms with van der Waals surface area (Å²) in [5.41, 5.74) is 1.08. The molecule has 146 valence electrons. The number of nitrogens with one attached hydrogen (secondary N) is 1. The Morgan fingerprint density at radius 3 is 2.89 bits per heavy atom. The zero-order chi connectivity index (χ0) is 19.2. The van der Waals surface area contributed by atoms with E-state index in [1.54, 1.807) is 12.1 Å². The number of rotatable bonds is 4. The zero-order valence-electron chi connectivity index (χ0n) is 14.8. The monoisotopic (exact) mass is 489 g/mol. The topological polar surface area (TPSA) is 79.4 Å². The summed E-state index contributed by atoms with van der Waals surface area (Å²) in [5.74, 6) is 0.355. The SMILES string of the molecule is CC1CCc2nc(NC(=O)C3CCCN3S(=O)(=O)c3ccc(Br)s3)sc2C1. The van der Waals surface area contributed by atoms with E-state index in [-0.39, 0.29) is 10.1 Å². The van der Waals surface area contributed by atoms with E-state index >= 15 is 0 Å². The molecule has 0 radical (unpaired) electrons. The molecule has 4 rings (SSSR count). The molecule has 1 fully saturated rings. The number of thiazole rings is 1. The van der Waals surface area contributed by atoms with Gasteiger partial charge in [0.15, 0.2) is 5.13 Å². The molecular formula is C17H20BrN3O3S3. The van der Waals surface area contributed by atoms with Crippen LogP contribution in [0.3, 0.4) is 0 Å². The first-order chi connectivity index (χ1) is 12.8. The van der Waals surface area contributed by atoms with Gasteiger partial charge in [0, 0.05) is 11.4 Å². The van der Waals surface area contributed by atoms with Crippen LogP contribution in [-0.4, -0.2) is 36.2 Å². The normalized spacial score (nSPS) is 23.3. The summed E-state index contributed by atoms with van der Waals surface area (Å²) in [5, 5.41) is 3.46. The van der Waals surface area contributed by atoms with E-state index in [9.17, 15) is 13.2 Å². The van der Waals surface area contributed by atoms with Crippen LogP contribution in [0.1, 0.15) is 36.8 Å². The van der Waals surface area contributed by atoms with E-state index in [1.165, 1.54) is 20.5 Å². The maximum atomic E-state index is 12.9. The van der Waals surface area contributed by atoms with Crippen molar-refractivity contribution in [1.82, 2.24) is 9.29 Å². The van der Waals surface area contributed by atoms with Gasteiger partial charge in [-0.2, -0.15) is 4.31 Å². The molecule has 0 spiro atoms. The minimum Gasteiger partial charge on any atom is -0.301 e. The molecule has 0 bridgehead atoms. The van der Waals surface area contributed by atoms with E-state index in [4.69, 9.17) is 0 Å². The first kappa shape index (κ1) is 19.5. The van der Waals surface area contributed by atoms with Gasteiger partial charge in [0.1, 0.15) is 10.3 Å². The third-order valence-electron chi connectivity index (χ3n) is 5.03. The molecule has 2 unspecified atom stereocenters. The Hall–Kier alpha value is -0.810. The van der Waals surface area contributed by atoms with Crippen LogP contribution in [0.15, 0.2) is 20.1 Å². The summed E-state index contributed by atoms with van der Waals surface area (Å²) in [6.45, 7) is 2.59. The third-order valence-corrected chi connectivity index (χ3v) is 10.1. The Balaban J connectivity index is 1.51. The highest BCUT2D eigenvalue weighted by atomic mass is 79.9. The Labute approximate surface area is 175 Å². The number of sulfonamides is 1. The highest BCUT2D eigenvalue weighted by Crippen LogP contribution is 2.34. The van der Waals surface area contributed by atoms with E-state index in [0.29, 0.717) is 30.4 Å². The number of hydrogen-bond acceptors (Lipinski definition) is 6. The lowest BCUT2D eigenvalue weighted by Gasteiger charge is -2.22. The van der Waals surface area contributed by atoms with Crippen LogP contribution in [0.2, 0.25) is 0 Å². The molecule has 1 N–H and O–H groups in total. The fourth-order valence-electron chi connectivity index (χ4n) is 3.62. The minimum atomic E-state index is -3.67. The Kier molecular flexibility index (Phi) is 5.45. The number of thiophene rings is 1. The highest BCUT2D eigenvalue weighted by molar-refractivity contribution is 9.11. The van der Waals surface area contributed by atoms with Gasteiger partial charge in [0.05, 0.1) is 9.48 Å². The molecular weight excluding hydrogens is 470 g/mol. The predicted octanol–water partition coefficient (Wildman–Crippen LogP) is 3.88. The van der Waals surface area contributed by atoms with Crippen molar-refractivity contribution in [3.63, 3.8) is 0 Å². The molecule has 27 heavy (non-hydrogen) atoms. The van der Waals surface area contributed by atoms with Crippen LogP contribution in [0.25, 0.3) is 0 Å². The number of hydrogen-bond donors (Lipinski definition) is 1. The lowest BCUT2D eigenvalue weighted by molar-refractivity contribution is -0.119. The van der Waals surface area contributed by atoms with Crippen LogP contribution in [-0.2, 0) is 27.7 Å². The maximum Gasteiger partial charge on any atom is 0.253 e. The number of fused-ring (bicyclic) bond motifs is 1. The van der Waals surface area contributed by atoms with Gasteiger partial charge in [-0.05, 0) is 66.1 Å². The number of halogens is 1. The number of aryl methyl sites for hydroxylation is 1. The molecule has 1 aliphatic carbocycles. The van der Waals surface area contributed by atoms with Crippen LogP contribution >= 0.6 is 38.6 Å². The van der Waals surface area contributed by atoms with Gasteiger partial charge in [0.25, 0.3) is 10.0 Å². The van der Waals surface area contributed by atoms with Gasteiger partial charge >= 0.3 is 0 Å². The molecule has 2 aromatic rings. The lowest BCUT2D eigenvalue weighted by atomic mass is 9.93. The number of aromatic nitrogens is 1. The Morgan fingerprint density at radius 1 is 1.33 bits per heavy atom. The van der Waals surface area contributed by atoms with Gasteiger partial charge < -0.3 is 5.32 Å². The van der Waals surface area contributed by atoms with Crippen molar-refractivity contribution in [2.24, 2.45) is 5.92 Å². The molecule has 1 saturated heterocycles. The number of nitrogens with zero attached hydrogens (tertiary/aromatic N) is 2. The molecule has 1 aliphatic heterocycles. The maximum absolute atomic E-state index is 12.9. The van der Waals surface area contributed by atoms with Gasteiger partial charge in [-0.3, -0.25) is 4.79 Å². The fourth-order valence-corrected chi connectivity index (χ4v) is 8.59. The van der Waals surface area contributed by atoms with Gasteiger partial charge in [-0.1, -0.05) is 6.92 Å². The third kappa shape index (κ3) is 3.87. The average molecular weight is 490 g/mol. The van der Waals surface area contributed by atoms with Gasteiger partial charge in [0.2, 0.25) is 5.91 Å². The Bertz CT molecular complexity index is 969. The molecule has 0 saturated carbocycles. The smallest absolute Gasteiger partial charge is 0.253 e. The molecule has 2 atom stereocenters. The van der Waals surface area contributed by atoms with Crippen molar-refractivity contribution < 1.29 is 13.2 Å². The first-order valence-corrected chi connectivity index (χ1v) is 12.8. The second kappa shape index (κ2) is 7.55. The number of carbonyl (C=O) groups is 1. The van der Waals surface area contributed by atoms with Crippen LogP contribution in [0, 0.1) is 5.92 Å². The number of amides is 1. The van der Waals surface area contributed by atoms with E-state index in [2.05, 4.69) is 33.2 Å². The summed E-state index contributed by atoms with van der Waals surface area (Å²) in [7, 11) is -3.67. The lowest BCUT2D eigenvalue weighted by Crippen LogP contribution is -2.42.